The molecule has 1 aromatic rings. The van der Waals surface area contributed by atoms with Gasteiger partial charge in [-0.05, 0) is 23.3 Å². The first-order valence-corrected chi connectivity index (χ1v) is 9.06. The highest BCUT2D eigenvalue weighted by molar-refractivity contribution is 6.07. The van der Waals surface area contributed by atoms with Crippen LogP contribution in [0.25, 0.3) is 5.57 Å². The van der Waals surface area contributed by atoms with Gasteiger partial charge in [-0.3, -0.25) is 24.5 Å². The fraction of sp³-hybridized carbons (Fsp3) is 0.190. The highest BCUT2D eigenvalue weighted by Crippen LogP contribution is 2.37. The van der Waals surface area contributed by atoms with Gasteiger partial charge >= 0.3 is 18.0 Å². The lowest BCUT2D eigenvalue weighted by molar-refractivity contribution is -0.501. The number of esters is 1. The van der Waals surface area contributed by atoms with Crippen molar-refractivity contribution < 1.29 is 39.0 Å². The molecule has 160 valence electrons. The molecule has 1 aliphatic heterocycles. The van der Waals surface area contributed by atoms with E-state index in [9.17, 15) is 29.6 Å². The zero-order chi connectivity index (χ0) is 22.5. The zero-order valence-corrected chi connectivity index (χ0v) is 16.0. The van der Waals surface area contributed by atoms with E-state index in [-0.39, 0.29) is 17.8 Å². The highest BCUT2D eigenvalue weighted by atomic mass is 16.6. The first-order valence-electron chi connectivity index (χ1n) is 9.06. The fourth-order valence-corrected chi connectivity index (χ4v) is 3.25. The molecule has 0 spiro atoms. The number of nitro groups is 1. The molecule has 31 heavy (non-hydrogen) atoms. The predicted molar refractivity (Wildman–Crippen MR) is 105 cm³/mol. The smallest absolute Gasteiger partial charge is 0.330 e. The van der Waals surface area contributed by atoms with E-state index in [4.69, 9.17) is 14.6 Å². The van der Waals surface area contributed by atoms with Crippen LogP contribution in [-0.4, -0.2) is 51.6 Å². The van der Waals surface area contributed by atoms with Crippen LogP contribution >= 0.6 is 0 Å². The molecule has 0 aromatic heterocycles. The predicted octanol–water partition coefficient (Wildman–Crippen LogP) is 1.97. The van der Waals surface area contributed by atoms with Gasteiger partial charge < -0.3 is 19.7 Å². The highest BCUT2D eigenvalue weighted by Gasteiger charge is 2.44. The third-order valence-corrected chi connectivity index (χ3v) is 4.56. The number of allylic oxidation sites excluding steroid dienone is 2. The number of carbonyl (C=O) groups is 3. The van der Waals surface area contributed by atoms with Crippen LogP contribution in [0, 0.1) is 10.1 Å². The van der Waals surface area contributed by atoms with E-state index in [1.165, 1.54) is 18.4 Å². The normalized spacial score (nSPS) is 19.1. The topological polar surface area (TPSA) is 153 Å². The molecule has 0 bridgehead atoms. The fourth-order valence-electron chi connectivity index (χ4n) is 3.25. The van der Waals surface area contributed by atoms with Crippen molar-refractivity contribution >= 4 is 23.3 Å². The molecule has 2 atom stereocenters. The summed E-state index contributed by atoms with van der Waals surface area (Å²) in [5.41, 5.74) is 0.661. The lowest BCUT2D eigenvalue weighted by Gasteiger charge is -2.29. The van der Waals surface area contributed by atoms with Crippen LogP contribution < -0.4 is 0 Å². The molecule has 3 rings (SSSR count). The van der Waals surface area contributed by atoms with Gasteiger partial charge in [0.25, 0.3) is 0 Å². The van der Waals surface area contributed by atoms with E-state index in [1.54, 1.807) is 30.3 Å². The van der Waals surface area contributed by atoms with E-state index in [2.05, 4.69) is 0 Å². The van der Waals surface area contributed by atoms with Gasteiger partial charge in [-0.2, -0.15) is 0 Å². The summed E-state index contributed by atoms with van der Waals surface area (Å²) < 4.78 is 10.5. The molecular formula is C21H17NO9. The van der Waals surface area contributed by atoms with Crippen molar-refractivity contribution in [1.82, 2.24) is 0 Å². The molecule has 1 heterocycles. The molecule has 1 aromatic carbocycles. The van der Waals surface area contributed by atoms with Gasteiger partial charge in [0.2, 0.25) is 5.78 Å². The molecule has 10 nitrogen and oxygen atoms in total. The monoisotopic (exact) mass is 427 g/mol. The number of carbonyl (C=O) groups excluding carboxylic acids is 2. The van der Waals surface area contributed by atoms with Crippen molar-refractivity contribution in [3.05, 3.63) is 87.4 Å². The Morgan fingerprint density at radius 2 is 2.00 bits per heavy atom. The van der Waals surface area contributed by atoms with E-state index in [1.807, 2.05) is 0 Å². The molecule has 2 N–H and O–H groups in total. The van der Waals surface area contributed by atoms with Gasteiger partial charge in [-0.15, -0.1) is 0 Å². The van der Waals surface area contributed by atoms with Crippen LogP contribution in [0.4, 0.5) is 0 Å². The second kappa shape index (κ2) is 9.08. The maximum Gasteiger partial charge on any atom is 0.330 e. The summed E-state index contributed by atoms with van der Waals surface area (Å²) in [6.45, 7) is -0.0859. The summed E-state index contributed by atoms with van der Waals surface area (Å²) in [5, 5.41) is 31.1. The van der Waals surface area contributed by atoms with Crippen molar-refractivity contribution in [3.63, 3.8) is 0 Å². The summed E-state index contributed by atoms with van der Waals surface area (Å²) in [4.78, 5) is 46.0. The third kappa shape index (κ3) is 4.69. The molecule has 2 unspecified atom stereocenters. The van der Waals surface area contributed by atoms with Crippen molar-refractivity contribution in [3.8, 4) is 0 Å². The maximum atomic E-state index is 12.4. The number of carboxylic acid groups (broad SMARTS) is 1. The van der Waals surface area contributed by atoms with E-state index in [0.29, 0.717) is 11.1 Å². The molecule has 0 amide bonds. The number of carboxylic acids is 1. The Kier molecular flexibility index (Phi) is 6.29. The Balaban J connectivity index is 2.18. The number of hydrogen-bond acceptors (Lipinski definition) is 8. The summed E-state index contributed by atoms with van der Waals surface area (Å²) in [6.07, 6.45) is 3.00. The van der Waals surface area contributed by atoms with Gasteiger partial charge in [0.1, 0.15) is 13.0 Å². The minimum atomic E-state index is -2.08. The van der Waals surface area contributed by atoms with Crippen LogP contribution in [0.15, 0.2) is 71.7 Å². The molecule has 0 fully saturated rings. The standard InChI is InChI=1S/C21H17NO9/c23-15-9-14(12-5-2-1-3-6-12)18(20(27)19(15)22(28)29)21(13-7-4-8-30-11-13)31-17(26)10-16(24)25/h1-9,19,21,27H,10-11H2,(H,24,25). The minimum Gasteiger partial charge on any atom is -0.505 e. The molecule has 10 heteroatoms. The molecule has 1 aliphatic carbocycles. The number of nitrogens with zero attached hydrogens (tertiary/aromatic N) is 1. The summed E-state index contributed by atoms with van der Waals surface area (Å²) in [6, 6.07) is 6.17. The van der Waals surface area contributed by atoms with Crippen LogP contribution in [-0.2, 0) is 23.9 Å². The number of ether oxygens (including phenoxy) is 2. The maximum absolute atomic E-state index is 12.4. The zero-order valence-electron chi connectivity index (χ0n) is 16.0. The van der Waals surface area contributed by atoms with Crippen LogP contribution in [0.1, 0.15) is 12.0 Å². The van der Waals surface area contributed by atoms with Gasteiger partial charge in [0, 0.05) is 10.5 Å². The molecule has 0 saturated carbocycles. The molecule has 0 radical (unpaired) electrons. The minimum absolute atomic E-state index is 0.0859. The molecule has 0 saturated heterocycles. The summed E-state index contributed by atoms with van der Waals surface area (Å²) in [7, 11) is 0. The number of aliphatic carboxylic acids is 1. The average molecular weight is 427 g/mol. The van der Waals surface area contributed by atoms with Crippen LogP contribution in [0.5, 0.6) is 0 Å². The number of rotatable bonds is 7. The van der Waals surface area contributed by atoms with Crippen LogP contribution in [0.2, 0.25) is 0 Å². The van der Waals surface area contributed by atoms with E-state index in [0.717, 1.165) is 6.08 Å². The largest absolute Gasteiger partial charge is 0.505 e. The average Bonchev–Trinajstić information content (AvgIpc) is 2.72. The quantitative estimate of drug-likeness (QED) is 0.288. The van der Waals surface area contributed by atoms with Crippen molar-refractivity contribution in [2.24, 2.45) is 0 Å². The Hall–Kier alpha value is -4.21. The van der Waals surface area contributed by atoms with Crippen molar-refractivity contribution in [2.75, 3.05) is 6.61 Å². The Bertz CT molecular complexity index is 1050. The lowest BCUT2D eigenvalue weighted by Crippen LogP contribution is -2.38. The third-order valence-electron chi connectivity index (χ3n) is 4.56. The second-order valence-corrected chi connectivity index (χ2v) is 6.63. The summed E-state index contributed by atoms with van der Waals surface area (Å²) >= 11 is 0. The first kappa shape index (κ1) is 21.5. The second-order valence-electron chi connectivity index (χ2n) is 6.63. The number of ketones is 1. The van der Waals surface area contributed by atoms with Gasteiger partial charge in [-0.1, -0.05) is 36.4 Å². The Morgan fingerprint density at radius 3 is 2.58 bits per heavy atom. The Labute approximate surface area is 175 Å². The van der Waals surface area contributed by atoms with E-state index < -0.39 is 47.0 Å². The Morgan fingerprint density at radius 1 is 1.29 bits per heavy atom. The van der Waals surface area contributed by atoms with Crippen molar-refractivity contribution in [2.45, 2.75) is 18.6 Å². The summed E-state index contributed by atoms with van der Waals surface area (Å²) in [5.74, 6) is -4.40. The number of hydrogen-bond donors (Lipinski definition) is 2. The number of aliphatic hydroxyl groups is 1. The van der Waals surface area contributed by atoms with Gasteiger partial charge in [-0.25, -0.2) is 0 Å². The number of benzene rings is 1. The number of aliphatic hydroxyl groups excluding tert-OH is 1. The van der Waals surface area contributed by atoms with Crippen molar-refractivity contribution in [1.29, 1.82) is 0 Å². The van der Waals surface area contributed by atoms with E-state index >= 15 is 0 Å². The van der Waals surface area contributed by atoms with Crippen LogP contribution in [0.3, 0.4) is 0 Å². The molecule has 2 aliphatic rings. The molecular weight excluding hydrogens is 410 g/mol. The lowest BCUT2D eigenvalue weighted by atomic mass is 9.82. The first-order chi connectivity index (χ1) is 14.8. The van der Waals surface area contributed by atoms with Gasteiger partial charge in [0.15, 0.2) is 11.9 Å². The van der Waals surface area contributed by atoms with Gasteiger partial charge in [0.05, 0.1) is 11.8 Å². The SMILES string of the molecule is O=C(O)CC(=O)OC(C1=CC=COC1)C1=C(O)C([N+](=O)[O-])C(=O)C=C1c1ccccc1.